The van der Waals surface area contributed by atoms with Crippen LogP contribution in [0.3, 0.4) is 0 Å². The molecule has 0 radical (unpaired) electrons. The molecule has 0 aromatic heterocycles. The maximum atomic E-state index is 12.7. The molecular formula is C86H68N8O2. The molecule has 2 heterocycles. The van der Waals surface area contributed by atoms with Crippen molar-refractivity contribution >= 4 is 99.0 Å². The molecule has 0 aliphatic carbocycles. The lowest BCUT2D eigenvalue weighted by molar-refractivity contribution is -0.131. The van der Waals surface area contributed by atoms with Crippen LogP contribution in [0.5, 0.6) is 0 Å². The van der Waals surface area contributed by atoms with Gasteiger partial charge in [0.25, 0.3) is 0 Å². The average Bonchev–Trinajstić information content (AvgIpc) is 1.47. The Bertz CT molecular complexity index is 4960. The first-order chi connectivity index (χ1) is 46.7. The molecule has 2 aliphatic heterocycles. The molecule has 13 aromatic rings. The maximum Gasteiger partial charge on any atom is 0.240 e. The average molecular weight is 1250 g/mol. The Morgan fingerprint density at radius 2 is 0.594 bits per heavy atom. The first-order valence-electron chi connectivity index (χ1n) is 31.8. The molecule has 0 unspecified atom stereocenters. The van der Waals surface area contributed by atoms with Gasteiger partial charge in [-0.1, -0.05) is 265 Å². The van der Waals surface area contributed by atoms with E-state index in [1.165, 1.54) is 122 Å². The number of hydrogen-bond donors (Lipinski definition) is 0. The molecule has 10 nitrogen and oxygen atoms in total. The number of fused-ring (bicyclic) bond motifs is 6. The Labute approximate surface area is 559 Å². The summed E-state index contributed by atoms with van der Waals surface area (Å²) in [5, 5.41) is 62.7. The van der Waals surface area contributed by atoms with Crippen molar-refractivity contribution in [2.75, 3.05) is 0 Å². The van der Waals surface area contributed by atoms with Crippen molar-refractivity contribution in [3.8, 4) is 24.3 Å². The molecule has 0 bridgehead atoms. The Kier molecular flexibility index (Phi) is 20.1. The minimum absolute atomic E-state index is 0.00187. The van der Waals surface area contributed by atoms with E-state index in [1.54, 1.807) is 48.1 Å². The van der Waals surface area contributed by atoms with Gasteiger partial charge >= 0.3 is 0 Å². The van der Waals surface area contributed by atoms with Gasteiger partial charge < -0.3 is 0 Å². The molecule has 10 heteroatoms. The molecule has 15 rings (SSSR count). The third-order valence-corrected chi connectivity index (χ3v) is 17.3. The quantitative estimate of drug-likeness (QED) is 0.159. The van der Waals surface area contributed by atoms with Crippen molar-refractivity contribution in [1.82, 2.24) is 10.0 Å². The highest BCUT2D eigenvalue weighted by molar-refractivity contribution is 6.10. The van der Waals surface area contributed by atoms with Crippen molar-refractivity contribution in [2.45, 2.75) is 66.5 Å². The zero-order chi connectivity index (χ0) is 67.2. The third kappa shape index (κ3) is 14.7. The van der Waals surface area contributed by atoms with E-state index >= 15 is 0 Å². The van der Waals surface area contributed by atoms with Crippen LogP contribution in [0.1, 0.15) is 83.3 Å². The monoisotopic (exact) mass is 1240 g/mol. The molecule has 0 saturated carbocycles. The van der Waals surface area contributed by atoms with Gasteiger partial charge in [-0.3, -0.25) is 9.59 Å². The summed E-state index contributed by atoms with van der Waals surface area (Å²) in [5.41, 5.74) is 11.7. The van der Waals surface area contributed by atoms with Crippen molar-refractivity contribution in [3.63, 3.8) is 0 Å². The SMILES string of the molecule is CC(=O)N1N=C(c2ccc3ccccc3c2)C[C@@H]1c1c2ccccc2cc2ccccc12.CC(=O)N1N=C(c2ccc3ccccc3c2)C[C@H]1c1c2ccccc2cc2ccccc12.Cc1ccc(C)cc1.Cc1ccc(C)cc1.N#CC(C#N)=c1ccc(=C(C#N)C#N)cc1. The third-order valence-electron chi connectivity index (χ3n) is 17.3. The van der Waals surface area contributed by atoms with Crippen molar-refractivity contribution < 1.29 is 9.59 Å². The van der Waals surface area contributed by atoms with E-state index in [0.29, 0.717) is 23.3 Å². The fourth-order valence-corrected chi connectivity index (χ4v) is 12.3. The standard InChI is InChI=1S/2C29H22N2O.C12H4N4.2C8H10/c2*1-19(32)31-28(18-27(30-31)24-15-14-20-8-2-3-9-21(20)16-24)29-25-12-6-4-10-22(25)17-23-11-5-7-13-26(23)29;13-5-11(6-14)9-1-2-10(4-3-9)12(7-15)8-16;2*1-7-3-5-8(2)6-4-7/h2*2-17,28H,18H2,1H3;1-4H;2*3-6H,1-2H3/t2*28-;;;/m10.../s1. The number of amides is 2. The Morgan fingerprint density at radius 1 is 0.333 bits per heavy atom. The number of aryl methyl sites for hydroxylation is 4. The number of hydrazone groups is 2. The van der Waals surface area contributed by atoms with Gasteiger partial charge in [0.2, 0.25) is 11.8 Å². The van der Waals surface area contributed by atoms with Crippen LogP contribution in [0.4, 0.5) is 0 Å². The van der Waals surface area contributed by atoms with Gasteiger partial charge in [-0.25, -0.2) is 10.0 Å². The normalized spacial score (nSPS) is 13.6. The van der Waals surface area contributed by atoms with Gasteiger partial charge in [0.05, 0.1) is 23.5 Å². The molecule has 2 aliphatic rings. The summed E-state index contributed by atoms with van der Waals surface area (Å²) in [5.74, 6) is -0.0781. The maximum absolute atomic E-state index is 12.7. The highest BCUT2D eigenvalue weighted by atomic mass is 16.2. The lowest BCUT2D eigenvalue weighted by Gasteiger charge is -2.24. The number of rotatable bonds is 4. The molecule has 0 fully saturated rings. The lowest BCUT2D eigenvalue weighted by atomic mass is 9.89. The van der Waals surface area contributed by atoms with Crippen LogP contribution >= 0.6 is 0 Å². The fourth-order valence-electron chi connectivity index (χ4n) is 12.3. The number of nitrogens with zero attached hydrogens (tertiary/aromatic N) is 8. The van der Waals surface area contributed by atoms with Gasteiger partial charge in [-0.15, -0.1) is 0 Å². The number of carbonyl (C=O) groups excluding carboxylic acids is 2. The van der Waals surface area contributed by atoms with Crippen molar-refractivity contribution in [1.29, 1.82) is 21.0 Å². The summed E-state index contributed by atoms with van der Waals surface area (Å²) < 4.78 is 0. The Hall–Kier alpha value is -12.6. The molecule has 13 aromatic carbocycles. The molecule has 0 spiro atoms. The van der Waals surface area contributed by atoms with Gasteiger partial charge in [-0.05, 0) is 139 Å². The summed E-state index contributed by atoms with van der Waals surface area (Å²) in [6.45, 7) is 11.6. The number of nitriles is 4. The second-order valence-electron chi connectivity index (χ2n) is 23.9. The van der Waals surface area contributed by atoms with Crippen molar-refractivity contribution in [3.05, 3.63) is 322 Å². The molecule has 0 saturated heterocycles. The van der Waals surface area contributed by atoms with Crippen LogP contribution in [0.25, 0.3) is 75.8 Å². The second-order valence-corrected chi connectivity index (χ2v) is 23.9. The highest BCUT2D eigenvalue weighted by Crippen LogP contribution is 2.43. The lowest BCUT2D eigenvalue weighted by Crippen LogP contribution is -2.24. The summed E-state index contributed by atoms with van der Waals surface area (Å²) >= 11 is 0. The Balaban J connectivity index is 0.000000136. The number of hydrogen-bond acceptors (Lipinski definition) is 8. The van der Waals surface area contributed by atoms with E-state index in [4.69, 9.17) is 31.3 Å². The first kappa shape index (κ1) is 64.9. The predicted octanol–water partition coefficient (Wildman–Crippen LogP) is 18.4. The molecule has 464 valence electrons. The van der Waals surface area contributed by atoms with E-state index in [1.807, 2.05) is 12.1 Å². The minimum atomic E-state index is -0.134. The number of carbonyl (C=O) groups is 2. The van der Waals surface area contributed by atoms with Gasteiger partial charge in [0.15, 0.2) is 0 Å². The first-order valence-corrected chi connectivity index (χ1v) is 31.8. The largest absolute Gasteiger partial charge is 0.273 e. The van der Waals surface area contributed by atoms with E-state index in [2.05, 4.69) is 258 Å². The second kappa shape index (κ2) is 29.8. The zero-order valence-electron chi connectivity index (χ0n) is 54.4. The van der Waals surface area contributed by atoms with Gasteiger partial charge in [0.1, 0.15) is 35.4 Å². The smallest absolute Gasteiger partial charge is 0.240 e. The molecule has 2 amide bonds. The van der Waals surface area contributed by atoms with Crippen LogP contribution in [0, 0.1) is 73.0 Å². The number of benzene rings is 13. The fraction of sp³-hybridized carbons (Fsp3) is 0.116. The summed E-state index contributed by atoms with van der Waals surface area (Å²) in [4.78, 5) is 25.4. The van der Waals surface area contributed by atoms with E-state index in [9.17, 15) is 9.59 Å². The van der Waals surface area contributed by atoms with Crippen LogP contribution < -0.4 is 10.4 Å². The molecule has 2 atom stereocenters. The predicted molar refractivity (Wildman–Crippen MR) is 390 cm³/mol. The van der Waals surface area contributed by atoms with E-state index in [-0.39, 0.29) is 35.0 Å². The highest BCUT2D eigenvalue weighted by Gasteiger charge is 2.35. The summed E-state index contributed by atoms with van der Waals surface area (Å²) in [6.07, 6.45) is 1.38. The molecule has 0 N–H and O–H groups in total. The topological polar surface area (TPSA) is 160 Å². The summed E-state index contributed by atoms with van der Waals surface area (Å²) in [6, 6.07) is 97.6. The van der Waals surface area contributed by atoms with E-state index < -0.39 is 0 Å². The van der Waals surface area contributed by atoms with Crippen LogP contribution in [0.2, 0.25) is 0 Å². The zero-order valence-corrected chi connectivity index (χ0v) is 54.4. The summed E-state index contributed by atoms with van der Waals surface area (Å²) in [7, 11) is 0. The van der Waals surface area contributed by atoms with Crippen molar-refractivity contribution in [2.24, 2.45) is 10.2 Å². The van der Waals surface area contributed by atoms with Crippen LogP contribution in [-0.2, 0) is 9.59 Å². The molecular weight excluding hydrogens is 1180 g/mol. The minimum Gasteiger partial charge on any atom is -0.273 e. The Morgan fingerprint density at radius 3 is 0.865 bits per heavy atom. The molecule has 96 heavy (non-hydrogen) atoms. The van der Waals surface area contributed by atoms with Gasteiger partial charge in [-0.2, -0.15) is 31.3 Å². The van der Waals surface area contributed by atoms with Gasteiger partial charge in [0, 0.05) is 37.1 Å². The van der Waals surface area contributed by atoms with Crippen LogP contribution in [-0.4, -0.2) is 33.3 Å². The van der Waals surface area contributed by atoms with Crippen LogP contribution in [0.15, 0.2) is 277 Å². The van der Waals surface area contributed by atoms with E-state index in [0.717, 1.165) is 22.6 Å².